The second kappa shape index (κ2) is 8.89. The summed E-state index contributed by atoms with van der Waals surface area (Å²) in [5.74, 6) is -1.40. The number of nitriles is 1. The van der Waals surface area contributed by atoms with Gasteiger partial charge in [-0.1, -0.05) is 32.0 Å². The first-order valence-electron chi connectivity index (χ1n) is 9.25. The van der Waals surface area contributed by atoms with Crippen LogP contribution in [0.15, 0.2) is 28.7 Å². The lowest BCUT2D eigenvalue weighted by molar-refractivity contribution is -0.130. The Morgan fingerprint density at radius 2 is 1.96 bits per heavy atom. The number of benzene rings is 1. The molecule has 0 fully saturated rings. The number of carbonyl (C=O) groups excluding carboxylic acids is 2. The van der Waals surface area contributed by atoms with E-state index in [1.807, 2.05) is 32.9 Å². The van der Waals surface area contributed by atoms with Crippen LogP contribution in [0.4, 0.5) is 0 Å². The maximum atomic E-state index is 12.7. The molecular weight excluding hydrogens is 360 g/mol. The number of nitrogens with one attached hydrogen (secondary N) is 1. The average Bonchev–Trinajstić information content (AvgIpc) is 3.04. The highest BCUT2D eigenvalue weighted by atomic mass is 16.6. The van der Waals surface area contributed by atoms with Crippen LogP contribution in [0.2, 0.25) is 0 Å². The number of furan rings is 1. The summed E-state index contributed by atoms with van der Waals surface area (Å²) >= 11 is 0. The fourth-order valence-electron chi connectivity index (χ4n) is 2.54. The number of carbonyl (C=O) groups is 2. The summed E-state index contributed by atoms with van der Waals surface area (Å²) in [7, 11) is 0. The van der Waals surface area contributed by atoms with Gasteiger partial charge in [-0.25, -0.2) is 4.79 Å². The van der Waals surface area contributed by atoms with Crippen LogP contribution in [0, 0.1) is 17.2 Å². The number of ether oxygens (including phenoxy) is 2. The molecule has 0 unspecified atom stereocenters. The Morgan fingerprint density at radius 3 is 2.57 bits per heavy atom. The van der Waals surface area contributed by atoms with E-state index < -0.39 is 23.5 Å². The van der Waals surface area contributed by atoms with Gasteiger partial charge in [-0.3, -0.25) is 4.79 Å². The van der Waals surface area contributed by atoms with Gasteiger partial charge >= 0.3 is 5.97 Å². The van der Waals surface area contributed by atoms with Gasteiger partial charge in [-0.05, 0) is 32.8 Å². The summed E-state index contributed by atoms with van der Waals surface area (Å²) in [4.78, 5) is 25.1. The number of hydrogen-bond donors (Lipinski definition) is 1. The van der Waals surface area contributed by atoms with Crippen molar-refractivity contribution >= 4 is 22.8 Å². The zero-order valence-electron chi connectivity index (χ0n) is 16.9. The number of rotatable bonds is 8. The van der Waals surface area contributed by atoms with Gasteiger partial charge < -0.3 is 19.2 Å². The highest BCUT2D eigenvalue weighted by molar-refractivity contribution is 5.97. The number of hydrogen-bond acceptors (Lipinski definition) is 6. The van der Waals surface area contributed by atoms with Crippen LogP contribution in [-0.2, 0) is 20.9 Å². The molecule has 0 aliphatic rings. The van der Waals surface area contributed by atoms with E-state index in [0.29, 0.717) is 17.8 Å². The van der Waals surface area contributed by atoms with E-state index in [0.717, 1.165) is 5.39 Å². The summed E-state index contributed by atoms with van der Waals surface area (Å²) in [5.41, 5.74) is 0.0641. The maximum Gasteiger partial charge on any atom is 0.375 e. The zero-order chi connectivity index (χ0) is 20.9. The maximum absolute atomic E-state index is 12.7. The van der Waals surface area contributed by atoms with Gasteiger partial charge in [0.05, 0.1) is 12.7 Å². The molecule has 2 rings (SSSR count). The van der Waals surface area contributed by atoms with Gasteiger partial charge in [0, 0.05) is 17.6 Å². The molecule has 150 valence electrons. The van der Waals surface area contributed by atoms with Gasteiger partial charge in [0.25, 0.3) is 5.91 Å². The molecule has 1 N–H and O–H groups in total. The zero-order valence-corrected chi connectivity index (χ0v) is 16.9. The monoisotopic (exact) mass is 386 g/mol. The molecule has 0 spiro atoms. The van der Waals surface area contributed by atoms with E-state index >= 15 is 0 Å². The predicted molar refractivity (Wildman–Crippen MR) is 103 cm³/mol. The topological polar surface area (TPSA) is 102 Å². The molecule has 0 saturated carbocycles. The molecule has 1 heterocycles. The molecule has 0 saturated heterocycles. The second-order valence-electron chi connectivity index (χ2n) is 7.05. The first kappa shape index (κ1) is 21.5. The summed E-state index contributed by atoms with van der Waals surface area (Å²) in [6.45, 7) is 9.27. The SMILES string of the molecule is CCOCc1c(C(=O)O[C@H](C)C(=O)N[C@](C)(C#N)C(C)C)oc2ccccc12. The Hall–Kier alpha value is -2.85. The van der Waals surface area contributed by atoms with Crippen LogP contribution >= 0.6 is 0 Å². The summed E-state index contributed by atoms with van der Waals surface area (Å²) < 4.78 is 16.4. The van der Waals surface area contributed by atoms with Crippen molar-refractivity contribution in [2.24, 2.45) is 5.92 Å². The lowest BCUT2D eigenvalue weighted by Crippen LogP contribution is -2.52. The van der Waals surface area contributed by atoms with Crippen molar-refractivity contribution in [2.75, 3.05) is 6.61 Å². The Morgan fingerprint density at radius 1 is 1.29 bits per heavy atom. The first-order chi connectivity index (χ1) is 13.2. The van der Waals surface area contributed by atoms with E-state index in [2.05, 4.69) is 11.4 Å². The quantitative estimate of drug-likeness (QED) is 0.696. The summed E-state index contributed by atoms with van der Waals surface area (Å²) in [5, 5.41) is 12.7. The van der Waals surface area contributed by atoms with Crippen LogP contribution in [0.3, 0.4) is 0 Å². The Kier molecular flexibility index (Phi) is 6.81. The molecule has 7 nitrogen and oxygen atoms in total. The van der Waals surface area contributed by atoms with Gasteiger partial charge in [-0.15, -0.1) is 0 Å². The average molecular weight is 386 g/mol. The van der Waals surface area contributed by atoms with Gasteiger partial charge in [0.2, 0.25) is 5.76 Å². The van der Waals surface area contributed by atoms with Crippen molar-refractivity contribution in [2.45, 2.75) is 52.9 Å². The molecule has 7 heteroatoms. The molecule has 1 aromatic carbocycles. The Bertz CT molecular complexity index is 896. The molecule has 2 atom stereocenters. The van der Waals surface area contributed by atoms with Gasteiger partial charge in [0.15, 0.2) is 6.10 Å². The highest BCUT2D eigenvalue weighted by Crippen LogP contribution is 2.27. The van der Waals surface area contributed by atoms with Crippen LogP contribution in [0.1, 0.15) is 50.7 Å². The summed E-state index contributed by atoms with van der Waals surface area (Å²) in [6.07, 6.45) is -1.09. The minimum absolute atomic E-state index is 0.0150. The van der Waals surface area contributed by atoms with Crippen molar-refractivity contribution in [1.29, 1.82) is 5.26 Å². The molecule has 2 aromatic rings. The van der Waals surface area contributed by atoms with Crippen molar-refractivity contribution < 1.29 is 23.5 Å². The standard InChI is InChI=1S/C21H26N2O5/c1-6-26-11-16-15-9-7-8-10-17(15)28-18(16)20(25)27-14(4)19(24)23-21(5,12-22)13(2)3/h7-10,13-14H,6,11H2,1-5H3,(H,23,24)/t14-,21-/m1/s1. The fraction of sp³-hybridized carbons (Fsp3) is 0.476. The molecule has 0 aliphatic carbocycles. The third-order valence-corrected chi connectivity index (χ3v) is 4.76. The van der Waals surface area contributed by atoms with E-state index in [1.165, 1.54) is 6.92 Å². The molecule has 0 aliphatic heterocycles. The minimum atomic E-state index is -1.09. The van der Waals surface area contributed by atoms with Crippen LogP contribution in [0.5, 0.6) is 0 Å². The molecule has 1 aromatic heterocycles. The molecule has 1 amide bonds. The third-order valence-electron chi connectivity index (χ3n) is 4.76. The molecule has 0 bridgehead atoms. The second-order valence-corrected chi connectivity index (χ2v) is 7.05. The lowest BCUT2D eigenvalue weighted by atomic mass is 9.90. The van der Waals surface area contributed by atoms with E-state index in [4.69, 9.17) is 13.9 Å². The van der Waals surface area contributed by atoms with Crippen LogP contribution < -0.4 is 5.32 Å². The fourth-order valence-corrected chi connectivity index (χ4v) is 2.54. The first-order valence-corrected chi connectivity index (χ1v) is 9.25. The van der Waals surface area contributed by atoms with Crippen molar-refractivity contribution in [3.63, 3.8) is 0 Å². The van der Waals surface area contributed by atoms with Crippen molar-refractivity contribution in [1.82, 2.24) is 5.32 Å². The highest BCUT2D eigenvalue weighted by Gasteiger charge is 2.33. The van der Waals surface area contributed by atoms with Crippen LogP contribution in [0.25, 0.3) is 11.0 Å². The Labute approximate surface area is 164 Å². The van der Waals surface area contributed by atoms with Crippen LogP contribution in [-0.4, -0.2) is 30.1 Å². The third kappa shape index (κ3) is 4.52. The Balaban J connectivity index is 2.20. The predicted octanol–water partition coefficient (Wildman–Crippen LogP) is 3.57. The molecule has 0 radical (unpaired) electrons. The lowest BCUT2D eigenvalue weighted by Gasteiger charge is -2.28. The number of nitrogens with zero attached hydrogens (tertiary/aromatic N) is 1. The van der Waals surface area contributed by atoms with E-state index in [1.54, 1.807) is 19.1 Å². The number of para-hydroxylation sites is 1. The summed E-state index contributed by atoms with van der Waals surface area (Å²) in [6, 6.07) is 9.32. The molecular formula is C21H26N2O5. The van der Waals surface area contributed by atoms with E-state index in [9.17, 15) is 14.9 Å². The van der Waals surface area contributed by atoms with Gasteiger partial charge in [0.1, 0.15) is 11.1 Å². The molecule has 28 heavy (non-hydrogen) atoms. The number of fused-ring (bicyclic) bond motifs is 1. The van der Waals surface area contributed by atoms with Crippen molar-refractivity contribution in [3.8, 4) is 6.07 Å². The van der Waals surface area contributed by atoms with E-state index in [-0.39, 0.29) is 18.3 Å². The number of amides is 1. The number of esters is 1. The normalized spacial score (nSPS) is 14.3. The largest absolute Gasteiger partial charge is 0.449 e. The minimum Gasteiger partial charge on any atom is -0.449 e. The smallest absolute Gasteiger partial charge is 0.375 e. The van der Waals surface area contributed by atoms with Crippen molar-refractivity contribution in [3.05, 3.63) is 35.6 Å². The van der Waals surface area contributed by atoms with Gasteiger partial charge in [-0.2, -0.15) is 5.26 Å².